The first-order chi connectivity index (χ1) is 12.8. The molecule has 2 aliphatic heterocycles. The van der Waals surface area contributed by atoms with E-state index in [-0.39, 0.29) is 11.9 Å². The number of benzene rings is 1. The van der Waals surface area contributed by atoms with Gasteiger partial charge in [0, 0.05) is 43.9 Å². The molecule has 0 radical (unpaired) electrons. The van der Waals surface area contributed by atoms with Gasteiger partial charge >= 0.3 is 0 Å². The molecular formula is C20H27FN4O. The van der Waals surface area contributed by atoms with E-state index >= 15 is 0 Å². The number of rotatable bonds is 5. The summed E-state index contributed by atoms with van der Waals surface area (Å²) in [6.45, 7) is 7.10. The second-order valence-corrected chi connectivity index (χ2v) is 7.37. The number of aromatic amines is 1. The average Bonchev–Trinajstić information content (AvgIpc) is 3.26. The normalized spacial score (nSPS) is 22.6. The molecule has 1 aromatic carbocycles. The number of ether oxygens (including phenoxy) is 1. The molecule has 4 rings (SSSR count). The molecule has 2 saturated heterocycles. The number of likely N-dealkylation sites (tertiary alicyclic amines) is 1. The molecule has 2 fully saturated rings. The third-order valence-electron chi connectivity index (χ3n) is 5.34. The maximum absolute atomic E-state index is 13.2. The molecule has 6 heteroatoms. The van der Waals surface area contributed by atoms with Gasteiger partial charge in [-0.15, -0.1) is 0 Å². The zero-order chi connectivity index (χ0) is 17.8. The lowest BCUT2D eigenvalue weighted by Crippen LogP contribution is -2.39. The molecule has 1 atom stereocenters. The summed E-state index contributed by atoms with van der Waals surface area (Å²) in [7, 11) is 0. The van der Waals surface area contributed by atoms with E-state index in [0.717, 1.165) is 56.0 Å². The number of nitrogens with zero attached hydrogens (tertiary/aromatic N) is 3. The number of hydrogen-bond acceptors (Lipinski definition) is 4. The van der Waals surface area contributed by atoms with Crippen LogP contribution in [0.4, 0.5) is 4.39 Å². The molecular weight excluding hydrogens is 331 g/mol. The quantitative estimate of drug-likeness (QED) is 0.893. The molecule has 1 N–H and O–H groups in total. The minimum Gasteiger partial charge on any atom is -0.376 e. The SMILES string of the molecule is Fc1ccc(-c2[nH]ncc2CN2CCCO[C@@H](CN3CCCC3)C2)cc1. The Bertz CT molecular complexity index is 696. The molecule has 0 bridgehead atoms. The lowest BCUT2D eigenvalue weighted by Gasteiger charge is -2.26. The van der Waals surface area contributed by atoms with Crippen LogP contribution in [0, 0.1) is 5.82 Å². The lowest BCUT2D eigenvalue weighted by molar-refractivity contribution is 0.0308. The Kier molecular flexibility index (Phi) is 5.62. The maximum atomic E-state index is 13.2. The Labute approximate surface area is 154 Å². The molecule has 3 heterocycles. The van der Waals surface area contributed by atoms with Crippen molar-refractivity contribution in [3.63, 3.8) is 0 Å². The second kappa shape index (κ2) is 8.29. The van der Waals surface area contributed by atoms with Crippen molar-refractivity contribution in [2.45, 2.75) is 31.9 Å². The van der Waals surface area contributed by atoms with E-state index in [1.807, 2.05) is 6.20 Å². The minimum absolute atomic E-state index is 0.218. The first-order valence-electron chi connectivity index (χ1n) is 9.62. The van der Waals surface area contributed by atoms with Crippen LogP contribution in [0.1, 0.15) is 24.8 Å². The van der Waals surface area contributed by atoms with Crippen LogP contribution in [-0.2, 0) is 11.3 Å². The third kappa shape index (κ3) is 4.31. The highest BCUT2D eigenvalue weighted by Crippen LogP contribution is 2.23. The van der Waals surface area contributed by atoms with E-state index in [1.165, 1.54) is 38.1 Å². The van der Waals surface area contributed by atoms with Gasteiger partial charge in [-0.05, 0) is 56.6 Å². The van der Waals surface area contributed by atoms with Gasteiger partial charge in [0.1, 0.15) is 5.82 Å². The summed E-state index contributed by atoms with van der Waals surface area (Å²) in [6.07, 6.45) is 5.84. The van der Waals surface area contributed by atoms with Crippen molar-refractivity contribution in [3.05, 3.63) is 41.8 Å². The van der Waals surface area contributed by atoms with E-state index < -0.39 is 0 Å². The predicted molar refractivity (Wildman–Crippen MR) is 99.3 cm³/mol. The summed E-state index contributed by atoms with van der Waals surface area (Å²) in [4.78, 5) is 4.99. The Morgan fingerprint density at radius 2 is 1.85 bits per heavy atom. The van der Waals surface area contributed by atoms with Crippen molar-refractivity contribution in [2.24, 2.45) is 0 Å². The standard InChI is InChI=1S/C20H27FN4O/c21-18-6-4-16(5-7-18)20-17(12-22-23-20)13-25-10-3-11-26-19(15-25)14-24-8-1-2-9-24/h4-7,12,19H,1-3,8-11,13-15H2,(H,22,23)/t19-/m0/s1. The molecule has 5 nitrogen and oxygen atoms in total. The van der Waals surface area contributed by atoms with Crippen LogP contribution < -0.4 is 0 Å². The largest absolute Gasteiger partial charge is 0.376 e. The maximum Gasteiger partial charge on any atom is 0.123 e. The second-order valence-electron chi connectivity index (χ2n) is 7.37. The van der Waals surface area contributed by atoms with E-state index in [2.05, 4.69) is 20.0 Å². The number of halogens is 1. The predicted octanol–water partition coefficient (Wildman–Crippen LogP) is 2.90. The molecule has 0 aliphatic carbocycles. The van der Waals surface area contributed by atoms with Crippen molar-refractivity contribution in [2.75, 3.05) is 39.3 Å². The Hall–Kier alpha value is -1.76. The molecule has 2 aliphatic rings. The van der Waals surface area contributed by atoms with E-state index in [1.54, 1.807) is 12.1 Å². The van der Waals surface area contributed by atoms with Gasteiger partial charge in [-0.25, -0.2) is 4.39 Å². The van der Waals surface area contributed by atoms with Gasteiger partial charge in [0.05, 0.1) is 18.0 Å². The molecule has 0 unspecified atom stereocenters. The van der Waals surface area contributed by atoms with Gasteiger partial charge in [0.2, 0.25) is 0 Å². The van der Waals surface area contributed by atoms with Crippen LogP contribution in [0.25, 0.3) is 11.3 Å². The fraction of sp³-hybridized carbons (Fsp3) is 0.550. The van der Waals surface area contributed by atoms with Crippen LogP contribution in [0.5, 0.6) is 0 Å². The third-order valence-corrected chi connectivity index (χ3v) is 5.34. The Balaban J connectivity index is 1.42. The minimum atomic E-state index is -0.218. The summed E-state index contributed by atoms with van der Waals surface area (Å²) < 4.78 is 19.3. The first-order valence-corrected chi connectivity index (χ1v) is 9.62. The fourth-order valence-electron chi connectivity index (χ4n) is 4.02. The molecule has 26 heavy (non-hydrogen) atoms. The summed E-state index contributed by atoms with van der Waals surface area (Å²) in [5.41, 5.74) is 3.10. The highest BCUT2D eigenvalue weighted by atomic mass is 19.1. The monoisotopic (exact) mass is 358 g/mol. The molecule has 1 aromatic heterocycles. The first kappa shape index (κ1) is 17.6. The van der Waals surface area contributed by atoms with Crippen LogP contribution >= 0.6 is 0 Å². The van der Waals surface area contributed by atoms with Gasteiger partial charge in [0.25, 0.3) is 0 Å². The van der Waals surface area contributed by atoms with Crippen molar-refractivity contribution >= 4 is 0 Å². The van der Waals surface area contributed by atoms with Crippen LogP contribution in [0.15, 0.2) is 30.5 Å². The molecule has 0 amide bonds. The zero-order valence-corrected chi connectivity index (χ0v) is 15.2. The number of H-pyrrole nitrogens is 1. The summed E-state index contributed by atoms with van der Waals surface area (Å²) in [6, 6.07) is 6.58. The molecule has 0 spiro atoms. The van der Waals surface area contributed by atoms with Gasteiger partial charge in [-0.2, -0.15) is 5.10 Å². The van der Waals surface area contributed by atoms with Crippen molar-refractivity contribution < 1.29 is 9.13 Å². The van der Waals surface area contributed by atoms with Crippen molar-refractivity contribution in [3.8, 4) is 11.3 Å². The van der Waals surface area contributed by atoms with Gasteiger partial charge < -0.3 is 9.64 Å². The van der Waals surface area contributed by atoms with E-state index in [9.17, 15) is 4.39 Å². The molecule has 140 valence electrons. The van der Waals surface area contributed by atoms with Crippen molar-refractivity contribution in [1.29, 1.82) is 0 Å². The Morgan fingerprint density at radius 3 is 2.65 bits per heavy atom. The van der Waals surface area contributed by atoms with Crippen LogP contribution in [0.3, 0.4) is 0 Å². The van der Waals surface area contributed by atoms with Gasteiger partial charge in [-0.3, -0.25) is 10.00 Å². The summed E-state index contributed by atoms with van der Waals surface area (Å²) >= 11 is 0. The van der Waals surface area contributed by atoms with E-state index in [0.29, 0.717) is 0 Å². The van der Waals surface area contributed by atoms with E-state index in [4.69, 9.17) is 4.74 Å². The summed E-state index contributed by atoms with van der Waals surface area (Å²) in [5, 5.41) is 7.31. The van der Waals surface area contributed by atoms with Gasteiger partial charge in [0.15, 0.2) is 0 Å². The van der Waals surface area contributed by atoms with Gasteiger partial charge in [-0.1, -0.05) is 0 Å². The topological polar surface area (TPSA) is 44.4 Å². The molecule has 2 aromatic rings. The number of aromatic nitrogens is 2. The van der Waals surface area contributed by atoms with Crippen LogP contribution in [-0.4, -0.2) is 65.4 Å². The highest BCUT2D eigenvalue weighted by molar-refractivity contribution is 5.62. The van der Waals surface area contributed by atoms with Crippen LogP contribution in [0.2, 0.25) is 0 Å². The highest BCUT2D eigenvalue weighted by Gasteiger charge is 2.23. The average molecular weight is 358 g/mol. The summed E-state index contributed by atoms with van der Waals surface area (Å²) in [5.74, 6) is -0.218. The number of hydrogen-bond donors (Lipinski definition) is 1. The number of nitrogens with one attached hydrogen (secondary N) is 1. The zero-order valence-electron chi connectivity index (χ0n) is 15.2. The Morgan fingerprint density at radius 1 is 1.08 bits per heavy atom. The lowest BCUT2D eigenvalue weighted by atomic mass is 10.1. The van der Waals surface area contributed by atoms with Crippen molar-refractivity contribution in [1.82, 2.24) is 20.0 Å². The molecule has 0 saturated carbocycles. The smallest absolute Gasteiger partial charge is 0.123 e. The fourth-order valence-corrected chi connectivity index (χ4v) is 4.02.